The van der Waals surface area contributed by atoms with E-state index < -0.39 is 11.4 Å². The van der Waals surface area contributed by atoms with Crippen LogP contribution in [0, 0.1) is 5.41 Å². The molecule has 1 aliphatic rings. The molecule has 0 radical (unpaired) electrons. The molecule has 0 saturated carbocycles. The molecule has 1 rings (SSSR count). The number of amides is 2. The summed E-state index contributed by atoms with van der Waals surface area (Å²) in [6.07, 6.45) is 2.80. The molecule has 1 heterocycles. The monoisotopic (exact) mass is 286 g/mol. The summed E-state index contributed by atoms with van der Waals surface area (Å²) in [5, 5.41) is 12.3. The number of likely N-dealkylation sites (tertiary alicyclic amines) is 1. The van der Waals surface area contributed by atoms with Crippen molar-refractivity contribution < 1.29 is 19.4 Å². The first-order chi connectivity index (χ1) is 9.45. The molecule has 2 N–H and O–H groups in total. The summed E-state index contributed by atoms with van der Waals surface area (Å²) in [5.74, 6) is -0.790. The molecule has 6 heteroatoms. The fraction of sp³-hybridized carbons (Fsp3) is 0.857. The average molecular weight is 286 g/mol. The molecular weight excluding hydrogens is 260 g/mol. The minimum atomic E-state index is -0.790. The number of piperidine rings is 1. The molecule has 0 aromatic heterocycles. The molecule has 0 aromatic carbocycles. The number of hydrogen-bond donors (Lipinski definition) is 2. The van der Waals surface area contributed by atoms with E-state index in [1.807, 2.05) is 13.8 Å². The van der Waals surface area contributed by atoms with Crippen LogP contribution in [0.25, 0.3) is 0 Å². The lowest BCUT2D eigenvalue weighted by Gasteiger charge is -2.40. The highest BCUT2D eigenvalue weighted by Crippen LogP contribution is 2.35. The van der Waals surface area contributed by atoms with E-state index in [-0.39, 0.29) is 12.1 Å². The van der Waals surface area contributed by atoms with Crippen molar-refractivity contribution in [2.24, 2.45) is 5.41 Å². The van der Waals surface area contributed by atoms with E-state index in [9.17, 15) is 14.7 Å². The Hall–Kier alpha value is -1.30. The van der Waals surface area contributed by atoms with Crippen LogP contribution in [0.5, 0.6) is 0 Å². The van der Waals surface area contributed by atoms with Gasteiger partial charge in [-0.2, -0.15) is 0 Å². The predicted molar refractivity (Wildman–Crippen MR) is 75.7 cm³/mol. The molecule has 1 fully saturated rings. The van der Waals surface area contributed by atoms with Gasteiger partial charge in [-0.15, -0.1) is 0 Å². The minimum Gasteiger partial charge on any atom is -0.481 e. The summed E-state index contributed by atoms with van der Waals surface area (Å²) in [5.41, 5.74) is -0.783. The third-order valence-electron chi connectivity index (χ3n) is 3.83. The number of nitrogens with one attached hydrogen (secondary N) is 1. The van der Waals surface area contributed by atoms with Crippen LogP contribution in [0.4, 0.5) is 4.79 Å². The molecule has 6 nitrogen and oxygen atoms in total. The third-order valence-corrected chi connectivity index (χ3v) is 3.83. The maximum atomic E-state index is 12.2. The van der Waals surface area contributed by atoms with E-state index in [0.29, 0.717) is 32.5 Å². The molecule has 0 bridgehead atoms. The number of urea groups is 1. The second kappa shape index (κ2) is 7.47. The van der Waals surface area contributed by atoms with Crippen molar-refractivity contribution in [3.8, 4) is 0 Å². The fourth-order valence-electron chi connectivity index (χ4n) is 2.86. The molecule has 0 aliphatic carbocycles. The number of carbonyl (C=O) groups excluding carboxylic acids is 1. The Bertz CT molecular complexity index is 344. The minimum absolute atomic E-state index is 0.0835. The Morgan fingerprint density at radius 3 is 2.75 bits per heavy atom. The number of carboxylic acid groups (broad SMARTS) is 1. The number of methoxy groups -OCH3 is 1. The fourth-order valence-corrected chi connectivity index (χ4v) is 2.86. The topological polar surface area (TPSA) is 78.9 Å². The summed E-state index contributed by atoms with van der Waals surface area (Å²) in [6.45, 7) is 5.19. The van der Waals surface area contributed by atoms with Gasteiger partial charge in [-0.05, 0) is 26.2 Å². The second-order valence-electron chi connectivity index (χ2n) is 5.67. The maximum absolute atomic E-state index is 12.2. The van der Waals surface area contributed by atoms with Crippen LogP contribution < -0.4 is 5.32 Å². The molecule has 2 unspecified atom stereocenters. The van der Waals surface area contributed by atoms with Crippen LogP contribution in [-0.4, -0.2) is 54.9 Å². The van der Waals surface area contributed by atoms with Gasteiger partial charge in [0, 0.05) is 20.2 Å². The highest BCUT2D eigenvalue weighted by Gasteiger charge is 2.42. The number of carboxylic acids is 1. The Morgan fingerprint density at radius 2 is 2.20 bits per heavy atom. The van der Waals surface area contributed by atoms with E-state index >= 15 is 0 Å². The maximum Gasteiger partial charge on any atom is 0.317 e. The summed E-state index contributed by atoms with van der Waals surface area (Å²) in [6, 6.07) is -0.282. The van der Waals surface area contributed by atoms with Gasteiger partial charge in [0.25, 0.3) is 0 Å². The zero-order valence-corrected chi connectivity index (χ0v) is 12.6. The van der Waals surface area contributed by atoms with Crippen molar-refractivity contribution in [3.05, 3.63) is 0 Å². The highest BCUT2D eigenvalue weighted by molar-refractivity contribution is 5.79. The van der Waals surface area contributed by atoms with E-state index in [2.05, 4.69) is 5.32 Å². The predicted octanol–water partition coefficient (Wildman–Crippen LogP) is 1.70. The van der Waals surface area contributed by atoms with Gasteiger partial charge < -0.3 is 20.1 Å². The van der Waals surface area contributed by atoms with Crippen molar-refractivity contribution in [3.63, 3.8) is 0 Å². The van der Waals surface area contributed by atoms with Crippen LogP contribution in [-0.2, 0) is 9.53 Å². The van der Waals surface area contributed by atoms with E-state index in [1.165, 1.54) is 0 Å². The quantitative estimate of drug-likeness (QED) is 0.779. The lowest BCUT2D eigenvalue weighted by Crippen LogP contribution is -2.54. The molecule has 1 aliphatic heterocycles. The molecule has 1 saturated heterocycles. The van der Waals surface area contributed by atoms with Crippen LogP contribution in [0.1, 0.15) is 39.5 Å². The molecule has 20 heavy (non-hydrogen) atoms. The van der Waals surface area contributed by atoms with Crippen LogP contribution >= 0.6 is 0 Å². The van der Waals surface area contributed by atoms with Gasteiger partial charge in [-0.25, -0.2) is 4.79 Å². The van der Waals surface area contributed by atoms with Gasteiger partial charge in [0.05, 0.1) is 18.1 Å². The zero-order valence-electron chi connectivity index (χ0n) is 12.6. The van der Waals surface area contributed by atoms with E-state index in [4.69, 9.17) is 4.74 Å². The number of nitrogens with zero attached hydrogens (tertiary/aromatic N) is 1. The number of rotatable bonds is 6. The number of ether oxygens (including phenoxy) is 1. The molecule has 2 atom stereocenters. The third kappa shape index (κ3) is 4.10. The Morgan fingerprint density at radius 1 is 1.50 bits per heavy atom. The summed E-state index contributed by atoms with van der Waals surface area (Å²) < 4.78 is 4.98. The molecule has 0 aromatic rings. The van der Waals surface area contributed by atoms with Crippen molar-refractivity contribution in [1.29, 1.82) is 0 Å². The molecule has 0 spiro atoms. The normalized spacial score (nSPS) is 24.2. The van der Waals surface area contributed by atoms with Gasteiger partial charge in [0.15, 0.2) is 0 Å². The lowest BCUT2D eigenvalue weighted by molar-refractivity contribution is -0.152. The number of hydrogen-bond acceptors (Lipinski definition) is 3. The van der Waals surface area contributed by atoms with Gasteiger partial charge in [-0.3, -0.25) is 4.79 Å². The van der Waals surface area contributed by atoms with Crippen molar-refractivity contribution in [2.45, 2.75) is 45.6 Å². The van der Waals surface area contributed by atoms with Crippen LogP contribution in [0.15, 0.2) is 0 Å². The summed E-state index contributed by atoms with van der Waals surface area (Å²) >= 11 is 0. The Labute approximate surface area is 120 Å². The first kappa shape index (κ1) is 16.8. The second-order valence-corrected chi connectivity index (χ2v) is 5.67. The van der Waals surface area contributed by atoms with Crippen LogP contribution in [0.2, 0.25) is 0 Å². The summed E-state index contributed by atoms with van der Waals surface area (Å²) in [4.78, 5) is 25.4. The standard InChI is InChI=1S/C14H26N2O4/c1-4-6-14(12(17)18)7-5-8-16(10-14)13(19)15-11(2)9-20-3/h11H,4-10H2,1-3H3,(H,15,19)(H,17,18). The van der Waals surface area contributed by atoms with Gasteiger partial charge in [-0.1, -0.05) is 13.3 Å². The van der Waals surface area contributed by atoms with Gasteiger partial charge >= 0.3 is 12.0 Å². The molecular formula is C14H26N2O4. The SMILES string of the molecule is CCCC1(C(=O)O)CCCN(C(=O)NC(C)COC)C1. The largest absolute Gasteiger partial charge is 0.481 e. The first-order valence-corrected chi connectivity index (χ1v) is 7.23. The number of aliphatic carboxylic acids is 1. The van der Waals surface area contributed by atoms with Crippen molar-refractivity contribution in [1.82, 2.24) is 10.2 Å². The van der Waals surface area contributed by atoms with Gasteiger partial charge in [0.1, 0.15) is 0 Å². The molecule has 2 amide bonds. The van der Waals surface area contributed by atoms with E-state index in [0.717, 1.165) is 12.8 Å². The average Bonchev–Trinajstić information content (AvgIpc) is 2.39. The lowest BCUT2D eigenvalue weighted by atomic mass is 9.76. The van der Waals surface area contributed by atoms with E-state index in [1.54, 1.807) is 12.0 Å². The first-order valence-electron chi connectivity index (χ1n) is 7.23. The Kier molecular flexibility index (Phi) is 6.26. The Balaban J connectivity index is 2.67. The highest BCUT2D eigenvalue weighted by atomic mass is 16.5. The number of carbonyl (C=O) groups is 2. The van der Waals surface area contributed by atoms with Crippen molar-refractivity contribution in [2.75, 3.05) is 26.8 Å². The van der Waals surface area contributed by atoms with Crippen LogP contribution in [0.3, 0.4) is 0 Å². The summed E-state index contributed by atoms with van der Waals surface area (Å²) in [7, 11) is 1.58. The van der Waals surface area contributed by atoms with Gasteiger partial charge in [0.2, 0.25) is 0 Å². The smallest absolute Gasteiger partial charge is 0.317 e. The zero-order chi connectivity index (χ0) is 15.2. The van der Waals surface area contributed by atoms with Crippen molar-refractivity contribution >= 4 is 12.0 Å². The molecule has 116 valence electrons.